The first-order valence-corrected chi connectivity index (χ1v) is 11.8. The van der Waals surface area contributed by atoms with E-state index in [0.717, 1.165) is 38.6 Å². The molecule has 3 aromatic heterocycles. The molecule has 0 aliphatic carbocycles. The molecule has 0 saturated carbocycles. The predicted octanol–water partition coefficient (Wildman–Crippen LogP) is 1.68. The zero-order chi connectivity index (χ0) is 27.6. The van der Waals surface area contributed by atoms with Gasteiger partial charge in [0.2, 0.25) is 11.9 Å². The summed E-state index contributed by atoms with van der Waals surface area (Å²) < 4.78 is 24.5. The molecule has 14 nitrogen and oxygen atoms in total. The lowest BCUT2D eigenvalue weighted by Gasteiger charge is -2.30. The van der Waals surface area contributed by atoms with Crippen LogP contribution in [0.1, 0.15) is 46.5 Å². The van der Waals surface area contributed by atoms with Gasteiger partial charge in [-0.25, -0.2) is 0 Å². The molecule has 3 atom stereocenters. The highest BCUT2D eigenvalue weighted by molar-refractivity contribution is 6.04. The van der Waals surface area contributed by atoms with Gasteiger partial charge in [0.25, 0.3) is 5.78 Å². The van der Waals surface area contributed by atoms with Gasteiger partial charge in [-0.15, -0.1) is 10.2 Å². The van der Waals surface area contributed by atoms with E-state index in [1.807, 2.05) is 35.8 Å². The minimum atomic E-state index is -1.47. The summed E-state index contributed by atoms with van der Waals surface area (Å²) in [5.41, 5.74) is 2.03. The molecule has 0 spiro atoms. The molecule has 0 N–H and O–H groups in total. The van der Waals surface area contributed by atoms with Gasteiger partial charge in [-0.05, 0) is 13.0 Å². The molecule has 1 aromatic carbocycles. The smallest absolute Gasteiger partial charge is 0.303 e. The number of benzene rings is 1. The van der Waals surface area contributed by atoms with Gasteiger partial charge in [-0.3, -0.25) is 19.2 Å². The Hall–Kier alpha value is -4.62. The summed E-state index contributed by atoms with van der Waals surface area (Å²) in [6.07, 6.45) is -4.28. The zero-order valence-electron chi connectivity index (χ0n) is 21.4. The Morgan fingerprint density at radius 3 is 2.21 bits per heavy atom. The van der Waals surface area contributed by atoms with Gasteiger partial charge in [0.05, 0.1) is 5.52 Å². The van der Waals surface area contributed by atoms with Crippen LogP contribution in [0.25, 0.3) is 27.8 Å². The number of carbonyl (C=O) groups excluding carboxylic acids is 4. The molecule has 0 saturated heterocycles. The molecule has 0 aliphatic heterocycles. The molecule has 0 bridgehead atoms. The number of hydrogen-bond acceptors (Lipinski definition) is 12. The van der Waals surface area contributed by atoms with Crippen molar-refractivity contribution in [3.05, 3.63) is 30.1 Å². The number of esters is 4. The fourth-order valence-electron chi connectivity index (χ4n) is 4.20. The van der Waals surface area contributed by atoms with Crippen LogP contribution in [-0.2, 0) is 44.7 Å². The quantitative estimate of drug-likeness (QED) is 0.229. The summed E-state index contributed by atoms with van der Waals surface area (Å²) in [6.45, 7) is 6.68. The summed E-state index contributed by atoms with van der Waals surface area (Å²) in [4.78, 5) is 52.2. The topological polar surface area (TPSA) is 166 Å². The predicted molar refractivity (Wildman–Crippen MR) is 130 cm³/mol. The van der Waals surface area contributed by atoms with Crippen LogP contribution >= 0.6 is 0 Å². The van der Waals surface area contributed by atoms with Crippen LogP contribution in [0.15, 0.2) is 24.3 Å². The Bertz CT molecular complexity index is 1540. The van der Waals surface area contributed by atoms with Gasteiger partial charge in [0, 0.05) is 39.6 Å². The van der Waals surface area contributed by atoms with Gasteiger partial charge >= 0.3 is 23.9 Å². The summed E-state index contributed by atoms with van der Waals surface area (Å²) in [7, 11) is 0. The Labute approximate surface area is 215 Å². The van der Waals surface area contributed by atoms with Gasteiger partial charge in [0.15, 0.2) is 17.9 Å². The first-order chi connectivity index (χ1) is 18.1. The lowest BCUT2D eigenvalue weighted by molar-refractivity contribution is -0.190. The first kappa shape index (κ1) is 26.4. The molecular formula is C24H26N6O8. The molecule has 0 unspecified atom stereocenters. The summed E-state index contributed by atoms with van der Waals surface area (Å²) in [5, 5.41) is 13.8. The maximum Gasteiger partial charge on any atom is 0.303 e. The van der Waals surface area contributed by atoms with E-state index in [-0.39, 0.29) is 11.6 Å². The van der Waals surface area contributed by atoms with Gasteiger partial charge < -0.3 is 23.5 Å². The Balaban J connectivity index is 1.91. The van der Waals surface area contributed by atoms with Gasteiger partial charge in [0.1, 0.15) is 12.1 Å². The normalized spacial score (nSPS) is 13.7. The monoisotopic (exact) mass is 526 g/mol. The van der Waals surface area contributed by atoms with Crippen molar-refractivity contribution in [1.29, 1.82) is 0 Å². The van der Waals surface area contributed by atoms with Crippen LogP contribution in [0, 0.1) is 0 Å². The van der Waals surface area contributed by atoms with Crippen LogP contribution < -0.4 is 0 Å². The molecule has 3 heterocycles. The van der Waals surface area contributed by atoms with E-state index in [0.29, 0.717) is 17.7 Å². The average Bonchev–Trinajstić information content (AvgIpc) is 3.40. The molecule has 0 fully saturated rings. The van der Waals surface area contributed by atoms with Crippen molar-refractivity contribution in [2.75, 3.05) is 6.61 Å². The lowest BCUT2D eigenvalue weighted by Crippen LogP contribution is -2.44. The molecular weight excluding hydrogens is 500 g/mol. The van der Waals surface area contributed by atoms with Crippen molar-refractivity contribution in [3.8, 4) is 0 Å². The molecule has 4 aromatic rings. The minimum Gasteiger partial charge on any atom is -0.462 e. The Morgan fingerprint density at radius 1 is 0.895 bits per heavy atom. The highest BCUT2D eigenvalue weighted by Crippen LogP contribution is 2.30. The SMILES string of the molecule is CCn1c2ccccc2c2nn3c([C@H](OC(C)=O)[C@H](OC(C)=O)[C@@H](COC(C)=O)OC(C)=O)nnc3nc21. The number of para-hydroxylation sites is 1. The summed E-state index contributed by atoms with van der Waals surface area (Å²) in [5.74, 6) is -2.91. The number of aromatic nitrogens is 6. The van der Waals surface area contributed by atoms with E-state index in [1.54, 1.807) is 0 Å². The Kier molecular flexibility index (Phi) is 7.50. The summed E-state index contributed by atoms with van der Waals surface area (Å²) >= 11 is 0. The molecule has 4 rings (SSSR count). The van der Waals surface area contributed by atoms with E-state index < -0.39 is 48.8 Å². The zero-order valence-corrected chi connectivity index (χ0v) is 21.4. The average molecular weight is 527 g/mol. The molecule has 38 heavy (non-hydrogen) atoms. The largest absolute Gasteiger partial charge is 0.462 e. The standard InChI is InChI=1S/C24H26N6O8/c1-6-29-17-10-8-7-9-16(17)19-22(29)25-24-27-26-23(30(24)28-19)21(38-15(5)34)20(37-14(4)33)18(36-13(3)32)11-35-12(2)31/h7-10,18,20-21H,6,11H2,1-5H3/t18-,20-,21-/m1/s1. The van der Waals surface area contributed by atoms with Crippen molar-refractivity contribution >= 4 is 51.7 Å². The van der Waals surface area contributed by atoms with E-state index in [9.17, 15) is 19.2 Å². The van der Waals surface area contributed by atoms with E-state index in [1.165, 1.54) is 4.52 Å². The highest BCUT2D eigenvalue weighted by Gasteiger charge is 2.42. The molecule has 0 amide bonds. The first-order valence-electron chi connectivity index (χ1n) is 11.8. The maximum absolute atomic E-state index is 12.2. The lowest BCUT2D eigenvalue weighted by atomic mass is 10.1. The molecule has 0 radical (unpaired) electrons. The number of ether oxygens (including phenoxy) is 4. The number of rotatable bonds is 9. The maximum atomic E-state index is 12.2. The van der Waals surface area contributed by atoms with E-state index in [2.05, 4.69) is 15.2 Å². The van der Waals surface area contributed by atoms with Gasteiger partial charge in [-0.1, -0.05) is 18.2 Å². The van der Waals surface area contributed by atoms with Crippen molar-refractivity contribution in [1.82, 2.24) is 29.4 Å². The number of carbonyl (C=O) groups is 4. The second-order valence-electron chi connectivity index (χ2n) is 8.37. The fraction of sp³-hybridized carbons (Fsp3) is 0.417. The molecule has 0 aliphatic rings. The molecule has 14 heteroatoms. The van der Waals surface area contributed by atoms with Crippen LogP contribution in [0.5, 0.6) is 0 Å². The van der Waals surface area contributed by atoms with Crippen LogP contribution in [0.3, 0.4) is 0 Å². The summed E-state index contributed by atoms with van der Waals surface area (Å²) in [6, 6.07) is 7.62. The van der Waals surface area contributed by atoms with Gasteiger partial charge in [-0.2, -0.15) is 14.6 Å². The van der Waals surface area contributed by atoms with Crippen LogP contribution in [0.2, 0.25) is 0 Å². The number of aryl methyl sites for hydroxylation is 1. The minimum absolute atomic E-state index is 0.0517. The highest BCUT2D eigenvalue weighted by atomic mass is 16.6. The van der Waals surface area contributed by atoms with Crippen LogP contribution in [-0.4, -0.2) is 72.1 Å². The van der Waals surface area contributed by atoms with Crippen molar-refractivity contribution in [2.45, 2.75) is 59.5 Å². The number of hydrogen-bond donors (Lipinski definition) is 0. The third-order valence-electron chi connectivity index (χ3n) is 5.57. The number of fused-ring (bicyclic) bond motifs is 4. The van der Waals surface area contributed by atoms with Crippen molar-refractivity contribution in [2.24, 2.45) is 0 Å². The van der Waals surface area contributed by atoms with Crippen molar-refractivity contribution in [3.63, 3.8) is 0 Å². The fourth-order valence-corrected chi connectivity index (χ4v) is 4.20. The third kappa shape index (κ3) is 5.23. The Morgan fingerprint density at radius 2 is 1.58 bits per heavy atom. The van der Waals surface area contributed by atoms with Crippen LogP contribution in [0.4, 0.5) is 0 Å². The second kappa shape index (κ2) is 10.8. The van der Waals surface area contributed by atoms with E-state index >= 15 is 0 Å². The number of nitrogens with zero attached hydrogens (tertiary/aromatic N) is 6. The van der Waals surface area contributed by atoms with E-state index in [4.69, 9.17) is 24.0 Å². The second-order valence-corrected chi connectivity index (χ2v) is 8.37. The molecule has 200 valence electrons. The van der Waals surface area contributed by atoms with Crippen molar-refractivity contribution < 1.29 is 38.1 Å². The third-order valence-corrected chi connectivity index (χ3v) is 5.57.